The Balaban J connectivity index is 1.53. The number of hydrogen-bond donors (Lipinski definition) is 2. The van der Waals surface area contributed by atoms with Crippen LogP contribution in [0.1, 0.15) is 84.4 Å². The summed E-state index contributed by atoms with van der Waals surface area (Å²) in [6, 6.07) is 9.09. The highest BCUT2D eigenvalue weighted by Gasteiger charge is 2.53. The number of halogens is 3. The molecule has 0 amide bonds. The number of nitrogens with zero attached hydrogens (tertiary/aromatic N) is 4. The molecule has 3 heterocycles. The third-order valence-electron chi connectivity index (χ3n) is 10.1. The van der Waals surface area contributed by atoms with E-state index in [4.69, 9.17) is 35.4 Å². The lowest BCUT2D eigenvalue weighted by Gasteiger charge is -2.32. The van der Waals surface area contributed by atoms with Gasteiger partial charge < -0.3 is 24.5 Å². The lowest BCUT2D eigenvalue weighted by molar-refractivity contribution is -0.163. The first-order valence-corrected chi connectivity index (χ1v) is 21.2. The number of carbonyl (C=O) groups is 2. The predicted octanol–water partition coefficient (Wildman–Crippen LogP) is 7.63. The van der Waals surface area contributed by atoms with E-state index in [0.717, 1.165) is 12.1 Å². The van der Waals surface area contributed by atoms with Gasteiger partial charge in [-0.05, 0) is 55.0 Å². The number of nitrogens with one attached hydrogen (secondary N) is 1. The summed E-state index contributed by atoms with van der Waals surface area (Å²) in [7, 11) is -4.77. The molecule has 4 aromatic rings. The Morgan fingerprint density at radius 2 is 1.73 bits per heavy atom. The average Bonchev–Trinajstić information content (AvgIpc) is 3.79. The van der Waals surface area contributed by atoms with Crippen LogP contribution in [0.4, 0.5) is 19.0 Å². The summed E-state index contributed by atoms with van der Waals surface area (Å²) in [6.45, 7) is 7.03. The number of esters is 2. The average molecular weight is 843 g/mol. The zero-order valence-corrected chi connectivity index (χ0v) is 34.3. The van der Waals surface area contributed by atoms with Gasteiger partial charge in [0.1, 0.15) is 42.4 Å². The van der Waals surface area contributed by atoms with E-state index in [1.807, 2.05) is 27.7 Å². The number of anilines is 1. The maximum Gasteiger partial charge on any atom is 0.459 e. The molecule has 1 aliphatic heterocycles. The number of aromatic nitrogens is 4. The van der Waals surface area contributed by atoms with Gasteiger partial charge in [-0.15, -0.1) is 6.42 Å². The third kappa shape index (κ3) is 11.4. The predicted molar refractivity (Wildman–Crippen MR) is 212 cm³/mol. The van der Waals surface area contributed by atoms with Gasteiger partial charge in [-0.2, -0.15) is 19.4 Å². The van der Waals surface area contributed by atoms with Crippen LogP contribution in [0.15, 0.2) is 54.9 Å². The molecule has 1 fully saturated rings. The highest BCUT2D eigenvalue weighted by molar-refractivity contribution is 7.52. The number of benzene rings is 2. The van der Waals surface area contributed by atoms with Crippen molar-refractivity contribution < 1.29 is 50.6 Å². The normalized spacial score (nSPS) is 19.4. The van der Waals surface area contributed by atoms with E-state index in [1.165, 1.54) is 23.0 Å². The van der Waals surface area contributed by atoms with Gasteiger partial charge in [-0.1, -0.05) is 77.5 Å². The van der Waals surface area contributed by atoms with Crippen LogP contribution in [0.3, 0.4) is 0 Å². The Hall–Kier alpha value is -5.01. The van der Waals surface area contributed by atoms with Crippen molar-refractivity contribution in [2.45, 2.75) is 103 Å². The van der Waals surface area contributed by atoms with Crippen molar-refractivity contribution >= 4 is 36.7 Å². The minimum Gasteiger partial charge on any atom is -0.464 e. The number of para-hydroxylation sites is 1. The van der Waals surface area contributed by atoms with Crippen LogP contribution in [0.2, 0.25) is 0 Å². The van der Waals surface area contributed by atoms with E-state index < -0.39 is 80.3 Å². The van der Waals surface area contributed by atoms with Crippen molar-refractivity contribution in [3.8, 4) is 18.1 Å². The Morgan fingerprint density at radius 3 is 2.36 bits per heavy atom. The molecule has 59 heavy (non-hydrogen) atoms. The van der Waals surface area contributed by atoms with E-state index in [0.29, 0.717) is 44.6 Å². The molecule has 0 aliphatic carbocycles. The molecule has 0 unspecified atom stereocenters. The van der Waals surface area contributed by atoms with E-state index in [9.17, 15) is 22.8 Å². The van der Waals surface area contributed by atoms with Gasteiger partial charge in [0.15, 0.2) is 22.6 Å². The quantitative estimate of drug-likeness (QED) is 0.0362. The van der Waals surface area contributed by atoms with Crippen molar-refractivity contribution in [1.29, 1.82) is 0 Å². The SMILES string of the molecule is C#C[C@]1(CO[P@@](=O)(N[C@@H](Cc2cc(F)cc(F)c2)C(=O)OCC(CC)CC)Oc2ccccc2)O[C@@H](n2cnc3c(N)nc(F)nc32)C[C@@H]1OC(=O)C(CCC)CCC. The molecule has 14 nitrogen and oxygen atoms in total. The Kier molecular flexibility index (Phi) is 15.5. The fourth-order valence-corrected chi connectivity index (χ4v) is 8.36. The zero-order chi connectivity index (χ0) is 42.7. The molecule has 318 valence electrons. The number of carbonyl (C=O) groups excluding carboxylic acids is 2. The molecule has 1 aliphatic rings. The molecule has 2 aromatic carbocycles. The molecule has 2 aromatic heterocycles. The van der Waals surface area contributed by atoms with E-state index in [-0.39, 0.29) is 47.2 Å². The summed E-state index contributed by atoms with van der Waals surface area (Å²) in [4.78, 5) is 39.1. The standard InChI is InChI=1S/C41H50F3N6O8P/c1-6-14-28(15-7-2)38(51)56-33-22-34(50-25-46-35-36(45)47-40(44)48-37(35)50)57-41(33,10-5)24-55-59(53,58-31-16-12-11-13-17-31)49-32(39(52)54-23-26(8-3)9-4)20-27-18-29(42)21-30(43)19-27/h5,11-13,16-19,21,25-26,28,32-34H,6-9,14-15,20,22-24H2,1-4H3,(H,49,53)(H2,45,47,48)/t32-,33-,34+,41+,59-/m0/s1. The number of terminal acetylenes is 1. The van der Waals surface area contributed by atoms with Crippen LogP contribution >= 0.6 is 7.75 Å². The van der Waals surface area contributed by atoms with Crippen molar-refractivity contribution in [2.24, 2.45) is 11.8 Å². The maximum absolute atomic E-state index is 15.0. The summed E-state index contributed by atoms with van der Waals surface area (Å²) in [5.41, 5.74) is 4.02. The van der Waals surface area contributed by atoms with E-state index >= 15 is 4.57 Å². The summed E-state index contributed by atoms with van der Waals surface area (Å²) in [6.07, 6.45) is 7.41. The summed E-state index contributed by atoms with van der Waals surface area (Å²) in [5, 5.41) is 2.65. The molecule has 5 rings (SSSR count). The van der Waals surface area contributed by atoms with Crippen LogP contribution in [0.25, 0.3) is 11.2 Å². The van der Waals surface area contributed by atoms with Crippen LogP contribution in [0.5, 0.6) is 5.75 Å². The van der Waals surface area contributed by atoms with Gasteiger partial charge >= 0.3 is 25.8 Å². The maximum atomic E-state index is 15.0. The smallest absolute Gasteiger partial charge is 0.459 e. The van der Waals surface area contributed by atoms with Crippen LogP contribution in [-0.2, 0) is 39.3 Å². The number of rotatable bonds is 21. The second-order valence-electron chi connectivity index (χ2n) is 14.4. The molecular formula is C41H50F3N6O8P. The lowest BCUT2D eigenvalue weighted by atomic mass is 9.96. The number of imidazole rings is 1. The fourth-order valence-electron chi connectivity index (χ4n) is 6.84. The number of nitrogen functional groups attached to an aromatic ring is 1. The summed E-state index contributed by atoms with van der Waals surface area (Å²) in [5.74, 6) is -1.30. The Bertz CT molecular complexity index is 2130. The first-order chi connectivity index (χ1) is 28.2. The highest BCUT2D eigenvalue weighted by Crippen LogP contribution is 2.49. The van der Waals surface area contributed by atoms with Crippen molar-refractivity contribution in [3.63, 3.8) is 0 Å². The summed E-state index contributed by atoms with van der Waals surface area (Å²) < 4.78 is 89.7. The first-order valence-electron chi connectivity index (χ1n) is 19.7. The van der Waals surface area contributed by atoms with Crippen molar-refractivity contribution in [2.75, 3.05) is 18.9 Å². The molecule has 0 saturated carbocycles. The zero-order valence-electron chi connectivity index (χ0n) is 33.4. The molecule has 0 spiro atoms. The van der Waals surface area contributed by atoms with E-state index in [2.05, 4.69) is 26.0 Å². The molecular weight excluding hydrogens is 792 g/mol. The number of nitrogens with two attached hydrogens (primary N) is 1. The second kappa shape index (κ2) is 20.3. The topological polar surface area (TPSA) is 179 Å². The Labute approximate surface area is 341 Å². The van der Waals surface area contributed by atoms with Gasteiger partial charge in [0, 0.05) is 12.5 Å². The number of fused-ring (bicyclic) bond motifs is 1. The summed E-state index contributed by atoms with van der Waals surface area (Å²) >= 11 is 0. The fraction of sp³-hybridized carbons (Fsp3) is 0.488. The number of ether oxygens (including phenoxy) is 3. The van der Waals surface area contributed by atoms with Gasteiger partial charge in [-0.3, -0.25) is 18.7 Å². The van der Waals surface area contributed by atoms with Gasteiger partial charge in [0.2, 0.25) is 0 Å². The number of hydrogen-bond acceptors (Lipinski definition) is 12. The van der Waals surface area contributed by atoms with Crippen LogP contribution < -0.4 is 15.3 Å². The minimum absolute atomic E-state index is 0.0127. The van der Waals surface area contributed by atoms with Crippen LogP contribution in [-0.4, -0.2) is 62.4 Å². The van der Waals surface area contributed by atoms with Crippen molar-refractivity contribution in [1.82, 2.24) is 24.6 Å². The van der Waals surface area contributed by atoms with Gasteiger partial charge in [0.25, 0.3) is 0 Å². The molecule has 0 bridgehead atoms. The molecule has 5 atom stereocenters. The second-order valence-corrected chi connectivity index (χ2v) is 16.1. The monoisotopic (exact) mass is 842 g/mol. The first kappa shape index (κ1) is 45.1. The van der Waals surface area contributed by atoms with Crippen molar-refractivity contribution in [3.05, 3.63) is 78.1 Å². The van der Waals surface area contributed by atoms with Gasteiger partial charge in [0.05, 0.1) is 18.9 Å². The van der Waals surface area contributed by atoms with Crippen LogP contribution in [0, 0.1) is 41.9 Å². The van der Waals surface area contributed by atoms with Gasteiger partial charge in [-0.25, -0.2) is 18.3 Å². The molecule has 0 radical (unpaired) electrons. The molecule has 1 saturated heterocycles. The highest BCUT2D eigenvalue weighted by atomic mass is 31.2. The molecule has 3 N–H and O–H groups in total. The third-order valence-corrected chi connectivity index (χ3v) is 11.7. The largest absolute Gasteiger partial charge is 0.464 e. The minimum atomic E-state index is -4.77. The Morgan fingerprint density at radius 1 is 1.05 bits per heavy atom. The lowest BCUT2D eigenvalue weighted by Crippen LogP contribution is -2.46. The molecule has 18 heteroatoms. The van der Waals surface area contributed by atoms with E-state index in [1.54, 1.807) is 18.2 Å².